The molecule has 0 saturated carbocycles. The lowest BCUT2D eigenvalue weighted by molar-refractivity contribution is 0.102. The van der Waals surface area contributed by atoms with Crippen LogP contribution in [0, 0.1) is 0 Å². The maximum Gasteiger partial charge on any atom is 0.259 e. The van der Waals surface area contributed by atoms with E-state index in [2.05, 4.69) is 22.3 Å². The summed E-state index contributed by atoms with van der Waals surface area (Å²) in [5.74, 6) is 1.06. The number of ether oxygens (including phenoxy) is 2. The van der Waals surface area contributed by atoms with Gasteiger partial charge in [-0.3, -0.25) is 4.79 Å². The van der Waals surface area contributed by atoms with Crippen molar-refractivity contribution >= 4 is 39.8 Å². The third-order valence-electron chi connectivity index (χ3n) is 5.53. The summed E-state index contributed by atoms with van der Waals surface area (Å²) in [6, 6.07) is 13.5. The van der Waals surface area contributed by atoms with Crippen molar-refractivity contribution in [2.24, 2.45) is 4.99 Å². The topological polar surface area (TPSA) is 63.2 Å². The largest absolute Gasteiger partial charge is 0.497 e. The lowest BCUT2D eigenvalue weighted by Gasteiger charge is -2.12. The third-order valence-corrected chi connectivity index (χ3v) is 6.73. The Balaban J connectivity index is 1.62. The minimum Gasteiger partial charge on any atom is -0.497 e. The molecule has 3 aromatic rings. The Morgan fingerprint density at radius 2 is 1.88 bits per heavy atom. The van der Waals surface area contributed by atoms with Crippen LogP contribution in [0.2, 0.25) is 0 Å². The van der Waals surface area contributed by atoms with E-state index in [9.17, 15) is 4.79 Å². The van der Waals surface area contributed by atoms with Gasteiger partial charge in [0.05, 0.1) is 25.5 Å². The quantitative estimate of drug-likeness (QED) is 0.496. The molecular weight excluding hydrogens is 422 g/mol. The van der Waals surface area contributed by atoms with Crippen molar-refractivity contribution in [3.63, 3.8) is 0 Å². The zero-order valence-electron chi connectivity index (χ0n) is 18.8. The maximum atomic E-state index is 13.3. The summed E-state index contributed by atoms with van der Waals surface area (Å²) in [5, 5.41) is 3.76. The average molecular weight is 450 g/mol. The van der Waals surface area contributed by atoms with Crippen LogP contribution in [0.15, 0.2) is 47.5 Å². The van der Waals surface area contributed by atoms with Crippen molar-refractivity contribution in [1.82, 2.24) is 0 Å². The van der Waals surface area contributed by atoms with Gasteiger partial charge in [-0.15, -0.1) is 11.3 Å². The lowest BCUT2D eigenvalue weighted by Crippen LogP contribution is -2.14. The van der Waals surface area contributed by atoms with E-state index in [0.717, 1.165) is 41.1 Å². The zero-order chi connectivity index (χ0) is 22.7. The maximum absolute atomic E-state index is 13.3. The third kappa shape index (κ3) is 4.48. The van der Waals surface area contributed by atoms with Gasteiger partial charge in [0, 0.05) is 36.9 Å². The van der Waals surface area contributed by atoms with Crippen LogP contribution < -0.4 is 19.7 Å². The summed E-state index contributed by atoms with van der Waals surface area (Å²) in [6.07, 6.45) is 4.80. The van der Waals surface area contributed by atoms with Crippen LogP contribution in [-0.2, 0) is 12.8 Å². The molecule has 1 amide bonds. The van der Waals surface area contributed by atoms with Gasteiger partial charge >= 0.3 is 0 Å². The highest BCUT2D eigenvalue weighted by Crippen LogP contribution is 2.41. The highest BCUT2D eigenvalue weighted by atomic mass is 32.1. The highest BCUT2D eigenvalue weighted by Gasteiger charge is 2.27. The number of thiophene rings is 1. The minimum absolute atomic E-state index is 0.164. The number of aryl methyl sites for hydroxylation is 1. The van der Waals surface area contributed by atoms with E-state index >= 15 is 0 Å². The molecule has 0 aliphatic heterocycles. The van der Waals surface area contributed by atoms with E-state index in [0.29, 0.717) is 22.7 Å². The number of fused-ring (bicyclic) bond motifs is 1. The molecule has 1 aliphatic carbocycles. The average Bonchev–Trinajstić information content (AvgIpc) is 3.39. The number of nitrogens with zero attached hydrogens (tertiary/aromatic N) is 2. The first-order valence-corrected chi connectivity index (χ1v) is 11.3. The summed E-state index contributed by atoms with van der Waals surface area (Å²) in [5.41, 5.74) is 4.51. The van der Waals surface area contributed by atoms with Crippen molar-refractivity contribution in [1.29, 1.82) is 0 Å². The molecule has 0 radical (unpaired) electrons. The molecule has 4 rings (SSSR count). The fraction of sp³-hybridized carbons (Fsp3) is 0.280. The SMILES string of the molecule is COc1ccc(NC(=O)c2c(N=Cc3ccc(N(C)C)cc3)sc3c2CCC3)c(OC)c1. The number of carbonyl (C=O) groups excluding carboxylic acids is 1. The van der Waals surface area contributed by atoms with E-state index in [1.165, 1.54) is 4.88 Å². The minimum atomic E-state index is -0.164. The van der Waals surface area contributed by atoms with Crippen LogP contribution in [0.4, 0.5) is 16.4 Å². The summed E-state index contributed by atoms with van der Waals surface area (Å²) >= 11 is 1.61. The van der Waals surface area contributed by atoms with Crippen molar-refractivity contribution in [2.75, 3.05) is 38.5 Å². The van der Waals surface area contributed by atoms with Crippen LogP contribution in [0.25, 0.3) is 0 Å². The van der Waals surface area contributed by atoms with Gasteiger partial charge in [0.15, 0.2) is 0 Å². The number of amides is 1. The van der Waals surface area contributed by atoms with E-state index in [4.69, 9.17) is 14.5 Å². The van der Waals surface area contributed by atoms with E-state index < -0.39 is 0 Å². The lowest BCUT2D eigenvalue weighted by atomic mass is 10.1. The first-order chi connectivity index (χ1) is 15.5. The summed E-state index contributed by atoms with van der Waals surface area (Å²) in [6.45, 7) is 0. The number of rotatable bonds is 7. The second kappa shape index (κ2) is 9.44. The Kier molecular flexibility index (Phi) is 6.46. The molecule has 7 heteroatoms. The Morgan fingerprint density at radius 1 is 1.09 bits per heavy atom. The van der Waals surface area contributed by atoms with Crippen LogP contribution in [0.3, 0.4) is 0 Å². The first-order valence-electron chi connectivity index (χ1n) is 10.5. The summed E-state index contributed by atoms with van der Waals surface area (Å²) in [4.78, 5) is 21.4. The van der Waals surface area contributed by atoms with Crippen LogP contribution in [0.5, 0.6) is 11.5 Å². The smallest absolute Gasteiger partial charge is 0.259 e. The van der Waals surface area contributed by atoms with Gasteiger partial charge in [-0.1, -0.05) is 12.1 Å². The van der Waals surface area contributed by atoms with Gasteiger partial charge in [-0.25, -0.2) is 4.99 Å². The second-order valence-corrected chi connectivity index (χ2v) is 8.89. The summed E-state index contributed by atoms with van der Waals surface area (Å²) < 4.78 is 10.7. The van der Waals surface area contributed by atoms with E-state index in [1.54, 1.807) is 43.8 Å². The monoisotopic (exact) mass is 449 g/mol. The Labute approximate surface area is 192 Å². The van der Waals surface area contributed by atoms with Gasteiger partial charge < -0.3 is 19.7 Å². The number of anilines is 2. The fourth-order valence-corrected chi connectivity index (χ4v) is 5.02. The van der Waals surface area contributed by atoms with Crippen molar-refractivity contribution in [3.8, 4) is 11.5 Å². The van der Waals surface area contributed by atoms with Crippen LogP contribution in [0.1, 0.15) is 32.8 Å². The van der Waals surface area contributed by atoms with Gasteiger partial charge in [0.1, 0.15) is 16.5 Å². The van der Waals surface area contributed by atoms with Crippen LogP contribution in [-0.4, -0.2) is 40.4 Å². The number of hydrogen-bond acceptors (Lipinski definition) is 6. The molecule has 1 aliphatic rings. The molecule has 166 valence electrons. The zero-order valence-corrected chi connectivity index (χ0v) is 19.6. The number of hydrogen-bond donors (Lipinski definition) is 1. The first kappa shape index (κ1) is 21.9. The van der Waals surface area contributed by atoms with Gasteiger partial charge in [-0.2, -0.15) is 0 Å². The Morgan fingerprint density at radius 3 is 2.56 bits per heavy atom. The number of aliphatic imine (C=N–C) groups is 1. The molecule has 32 heavy (non-hydrogen) atoms. The molecule has 0 spiro atoms. The van der Waals surface area contributed by atoms with Gasteiger partial charge in [-0.05, 0) is 54.7 Å². The van der Waals surface area contributed by atoms with E-state index in [-0.39, 0.29) is 5.91 Å². The molecule has 1 aromatic heterocycles. The summed E-state index contributed by atoms with van der Waals surface area (Å²) in [7, 11) is 7.20. The highest BCUT2D eigenvalue weighted by molar-refractivity contribution is 7.16. The predicted octanol–water partition coefficient (Wildman–Crippen LogP) is 5.32. The number of carbonyl (C=O) groups is 1. The second-order valence-electron chi connectivity index (χ2n) is 7.80. The Hall–Kier alpha value is -3.32. The number of methoxy groups -OCH3 is 2. The molecule has 0 bridgehead atoms. The van der Waals surface area contributed by atoms with Gasteiger partial charge in [0.2, 0.25) is 0 Å². The molecule has 6 nitrogen and oxygen atoms in total. The predicted molar refractivity (Wildman–Crippen MR) is 132 cm³/mol. The number of benzene rings is 2. The molecule has 0 saturated heterocycles. The molecule has 0 atom stereocenters. The van der Waals surface area contributed by atoms with Gasteiger partial charge in [0.25, 0.3) is 5.91 Å². The standard InChI is InChI=1S/C25H27N3O3S/c1-28(2)17-10-8-16(9-11-17)15-26-25-23(19-6-5-7-22(19)32-25)24(29)27-20-13-12-18(30-3)14-21(20)31-4/h8-15H,5-7H2,1-4H3,(H,27,29). The fourth-order valence-electron chi connectivity index (χ4n) is 3.79. The van der Waals surface area contributed by atoms with Crippen molar-refractivity contribution in [2.45, 2.75) is 19.3 Å². The molecule has 0 unspecified atom stereocenters. The molecule has 0 fully saturated rings. The number of nitrogens with one attached hydrogen (secondary N) is 1. The van der Waals surface area contributed by atoms with Crippen molar-refractivity contribution < 1.29 is 14.3 Å². The molecule has 1 N–H and O–H groups in total. The van der Waals surface area contributed by atoms with Crippen molar-refractivity contribution in [3.05, 3.63) is 64.0 Å². The van der Waals surface area contributed by atoms with Crippen LogP contribution >= 0.6 is 11.3 Å². The Bertz CT molecular complexity index is 1150. The molecule has 1 heterocycles. The molecular formula is C25H27N3O3S. The normalized spacial score (nSPS) is 12.6. The molecule has 2 aromatic carbocycles. The van der Waals surface area contributed by atoms with E-state index in [1.807, 2.05) is 32.4 Å².